The third-order valence-corrected chi connectivity index (χ3v) is 5.26. The molecule has 4 N–H and O–H groups in total. The third-order valence-electron chi connectivity index (χ3n) is 4.28. The number of nitrogens with two attached hydrogens (primary N) is 2. The monoisotopic (exact) mass is 385 g/mol. The maximum absolute atomic E-state index is 13.0. The lowest BCUT2D eigenvalue weighted by Gasteiger charge is -2.16. The second kappa shape index (κ2) is 7.49. The van der Waals surface area contributed by atoms with Crippen LogP contribution < -0.4 is 17.0 Å². The van der Waals surface area contributed by atoms with Crippen LogP contribution in [0, 0.1) is 0 Å². The topological polar surface area (TPSA) is 135 Å². The fourth-order valence-corrected chi connectivity index (χ4v) is 3.92. The van der Waals surface area contributed by atoms with Gasteiger partial charge in [0.1, 0.15) is 5.82 Å². The zero-order valence-electron chi connectivity index (χ0n) is 14.5. The minimum Gasteiger partial charge on any atom is -0.376 e. The Morgan fingerprint density at radius 2 is 1.93 bits per heavy atom. The minimum atomic E-state index is -0.0757. The van der Waals surface area contributed by atoms with E-state index in [1.165, 1.54) is 11.8 Å². The van der Waals surface area contributed by atoms with E-state index in [2.05, 4.69) is 19.9 Å². The molecule has 0 bridgehead atoms. The molecule has 3 heterocycles. The van der Waals surface area contributed by atoms with E-state index >= 15 is 0 Å². The number of fused-ring (bicyclic) bond motifs is 1. The van der Waals surface area contributed by atoms with Crippen LogP contribution in [0.1, 0.15) is 18.7 Å². The molecular weight excluding hydrogens is 366 g/mol. The number of ether oxygens (including phenoxy) is 1. The van der Waals surface area contributed by atoms with Crippen LogP contribution in [0.2, 0.25) is 0 Å². The molecule has 10 heteroatoms. The van der Waals surface area contributed by atoms with Gasteiger partial charge in [-0.05, 0) is 25.0 Å². The van der Waals surface area contributed by atoms with Gasteiger partial charge in [0, 0.05) is 6.61 Å². The molecule has 0 spiro atoms. The summed E-state index contributed by atoms with van der Waals surface area (Å²) in [6.07, 6.45) is 1.96. The maximum Gasteiger partial charge on any atom is 0.262 e. The number of thioether (sulfide) groups is 1. The van der Waals surface area contributed by atoms with Crippen molar-refractivity contribution in [3.05, 3.63) is 40.4 Å². The number of aromatic nitrogens is 5. The highest BCUT2D eigenvalue weighted by atomic mass is 32.2. The number of hydrogen-bond donors (Lipinski definition) is 2. The highest BCUT2D eigenvalue weighted by Gasteiger charge is 2.20. The summed E-state index contributed by atoms with van der Waals surface area (Å²) < 4.78 is 7.39. The quantitative estimate of drug-likeness (QED) is 0.491. The van der Waals surface area contributed by atoms with Crippen molar-refractivity contribution in [2.24, 2.45) is 0 Å². The van der Waals surface area contributed by atoms with Crippen molar-refractivity contribution in [2.45, 2.75) is 36.4 Å². The first-order chi connectivity index (χ1) is 13.1. The second-order valence-corrected chi connectivity index (χ2v) is 7.16. The van der Waals surface area contributed by atoms with Crippen LogP contribution in [0.25, 0.3) is 10.9 Å². The Balaban J connectivity index is 1.69. The molecule has 1 aromatic carbocycles. The summed E-state index contributed by atoms with van der Waals surface area (Å²) in [6, 6.07) is 7.32. The van der Waals surface area contributed by atoms with Crippen molar-refractivity contribution >= 4 is 34.6 Å². The number of nitrogens with zero attached hydrogens (tertiary/aromatic N) is 5. The number of hydrogen-bond acceptors (Lipinski definition) is 9. The number of para-hydroxylation sites is 1. The summed E-state index contributed by atoms with van der Waals surface area (Å²) in [5, 5.41) is 1.18. The van der Waals surface area contributed by atoms with Gasteiger partial charge in [0.05, 0.1) is 29.3 Å². The van der Waals surface area contributed by atoms with E-state index in [1.54, 1.807) is 10.6 Å². The van der Waals surface area contributed by atoms with Gasteiger partial charge in [0.2, 0.25) is 11.9 Å². The van der Waals surface area contributed by atoms with Gasteiger partial charge in [0.15, 0.2) is 5.16 Å². The predicted octanol–water partition coefficient (Wildman–Crippen LogP) is 1.22. The molecule has 0 unspecified atom stereocenters. The van der Waals surface area contributed by atoms with Gasteiger partial charge in [-0.3, -0.25) is 9.36 Å². The molecule has 27 heavy (non-hydrogen) atoms. The van der Waals surface area contributed by atoms with Gasteiger partial charge < -0.3 is 16.2 Å². The van der Waals surface area contributed by atoms with Gasteiger partial charge in [-0.2, -0.15) is 15.0 Å². The SMILES string of the molecule is Nc1nc(N)nc(CSc2nc3ccccc3c(=O)n2C[C@@H]2CCCO2)n1. The van der Waals surface area contributed by atoms with Crippen molar-refractivity contribution in [3.8, 4) is 0 Å². The van der Waals surface area contributed by atoms with E-state index < -0.39 is 0 Å². The fraction of sp³-hybridized carbons (Fsp3) is 0.353. The molecule has 0 radical (unpaired) electrons. The van der Waals surface area contributed by atoms with Gasteiger partial charge in [-0.25, -0.2) is 4.98 Å². The van der Waals surface area contributed by atoms with E-state index in [0.29, 0.717) is 34.2 Å². The minimum absolute atomic E-state index is 0.0217. The van der Waals surface area contributed by atoms with Gasteiger partial charge in [-0.1, -0.05) is 23.9 Å². The number of nitrogen functional groups attached to an aromatic ring is 2. The Morgan fingerprint density at radius 3 is 2.67 bits per heavy atom. The number of benzene rings is 1. The molecule has 4 rings (SSSR count). The summed E-state index contributed by atoms with van der Waals surface area (Å²) in [7, 11) is 0. The Labute approximate surface area is 159 Å². The first-order valence-corrected chi connectivity index (χ1v) is 9.58. The summed E-state index contributed by atoms with van der Waals surface area (Å²) in [4.78, 5) is 29.6. The van der Waals surface area contributed by atoms with Crippen LogP contribution in [0.5, 0.6) is 0 Å². The fourth-order valence-electron chi connectivity index (χ4n) is 3.06. The molecule has 1 saturated heterocycles. The third kappa shape index (κ3) is 3.86. The van der Waals surface area contributed by atoms with E-state index in [-0.39, 0.29) is 23.6 Å². The predicted molar refractivity (Wildman–Crippen MR) is 103 cm³/mol. The van der Waals surface area contributed by atoms with Crippen LogP contribution in [0.4, 0.5) is 11.9 Å². The van der Waals surface area contributed by atoms with Crippen molar-refractivity contribution < 1.29 is 4.74 Å². The normalized spacial score (nSPS) is 16.8. The second-order valence-electron chi connectivity index (χ2n) is 6.22. The van der Waals surface area contributed by atoms with Gasteiger partial charge >= 0.3 is 0 Å². The first-order valence-electron chi connectivity index (χ1n) is 8.60. The Bertz CT molecular complexity index is 1010. The summed E-state index contributed by atoms with van der Waals surface area (Å²) in [5.74, 6) is 0.950. The molecule has 0 aliphatic carbocycles. The molecule has 1 atom stereocenters. The summed E-state index contributed by atoms with van der Waals surface area (Å²) >= 11 is 1.36. The van der Waals surface area contributed by atoms with Crippen molar-refractivity contribution in [1.29, 1.82) is 0 Å². The average Bonchev–Trinajstić information content (AvgIpc) is 3.15. The maximum atomic E-state index is 13.0. The van der Waals surface area contributed by atoms with Crippen LogP contribution in [-0.4, -0.2) is 37.2 Å². The Hall–Kier alpha value is -2.72. The highest BCUT2D eigenvalue weighted by molar-refractivity contribution is 7.98. The zero-order chi connectivity index (χ0) is 18.8. The molecule has 2 aromatic heterocycles. The lowest BCUT2D eigenvalue weighted by molar-refractivity contribution is 0.0937. The van der Waals surface area contributed by atoms with E-state index in [9.17, 15) is 4.79 Å². The van der Waals surface area contributed by atoms with Crippen LogP contribution in [0.3, 0.4) is 0 Å². The average molecular weight is 385 g/mol. The molecular formula is C17H19N7O2S. The summed E-state index contributed by atoms with van der Waals surface area (Å²) in [6.45, 7) is 1.20. The van der Waals surface area contributed by atoms with E-state index in [0.717, 1.165) is 19.4 Å². The first kappa shape index (κ1) is 17.7. The molecule has 1 aliphatic heterocycles. The number of anilines is 2. The van der Waals surface area contributed by atoms with Crippen molar-refractivity contribution in [3.63, 3.8) is 0 Å². The van der Waals surface area contributed by atoms with Crippen LogP contribution in [0.15, 0.2) is 34.2 Å². The standard InChI is InChI=1S/C17H19N7O2S/c18-15-21-13(22-16(19)23-15)9-27-17-20-12-6-2-1-5-11(12)14(25)24(17)8-10-4-3-7-26-10/h1-2,5-6,10H,3-4,7-9H2,(H4,18,19,21,22,23)/t10-/m0/s1. The van der Waals surface area contributed by atoms with Crippen molar-refractivity contribution in [1.82, 2.24) is 24.5 Å². The molecule has 3 aromatic rings. The lowest BCUT2D eigenvalue weighted by Crippen LogP contribution is -2.28. The molecule has 0 saturated carbocycles. The molecule has 1 fully saturated rings. The van der Waals surface area contributed by atoms with Gasteiger partial charge in [-0.15, -0.1) is 0 Å². The van der Waals surface area contributed by atoms with Crippen LogP contribution in [-0.2, 0) is 17.0 Å². The van der Waals surface area contributed by atoms with Crippen molar-refractivity contribution in [2.75, 3.05) is 18.1 Å². The van der Waals surface area contributed by atoms with E-state index in [1.807, 2.05) is 18.2 Å². The Kier molecular flexibility index (Phi) is 4.90. The van der Waals surface area contributed by atoms with Crippen LogP contribution >= 0.6 is 11.8 Å². The zero-order valence-corrected chi connectivity index (χ0v) is 15.4. The highest BCUT2D eigenvalue weighted by Crippen LogP contribution is 2.23. The summed E-state index contributed by atoms with van der Waals surface area (Å²) in [5.41, 5.74) is 11.8. The molecule has 1 aliphatic rings. The van der Waals surface area contributed by atoms with Gasteiger partial charge in [0.25, 0.3) is 5.56 Å². The number of rotatable bonds is 5. The van der Waals surface area contributed by atoms with E-state index in [4.69, 9.17) is 16.2 Å². The smallest absolute Gasteiger partial charge is 0.262 e. The Morgan fingerprint density at radius 1 is 1.15 bits per heavy atom. The largest absolute Gasteiger partial charge is 0.376 e. The molecule has 0 amide bonds. The lowest BCUT2D eigenvalue weighted by atomic mass is 10.2. The molecule has 140 valence electrons. The molecule has 9 nitrogen and oxygen atoms in total.